The van der Waals surface area contributed by atoms with E-state index in [9.17, 15) is 8.42 Å². The van der Waals surface area contributed by atoms with Gasteiger partial charge in [-0.05, 0) is 23.3 Å². The fourth-order valence-corrected chi connectivity index (χ4v) is 3.26. The maximum Gasteiger partial charge on any atom is 0.226 e. The van der Waals surface area contributed by atoms with Gasteiger partial charge in [-0.15, -0.1) is 0 Å². The standard InChI is InChI=1S/C19H19N3O3S/c1-25-17-11-12-20-19(21-17)22-18(14-7-4-3-5-8-14)15-9-6-10-16(13-15)26(2,23)24/h3-13,18H,1-2H3,(H,20,21,22). The zero-order chi connectivity index (χ0) is 18.6. The molecule has 1 atom stereocenters. The van der Waals surface area contributed by atoms with Gasteiger partial charge in [0.1, 0.15) is 0 Å². The number of ether oxygens (including phenoxy) is 1. The van der Waals surface area contributed by atoms with Crippen LogP contribution in [-0.4, -0.2) is 31.8 Å². The highest BCUT2D eigenvalue weighted by Crippen LogP contribution is 2.27. The molecule has 0 saturated carbocycles. The van der Waals surface area contributed by atoms with Gasteiger partial charge in [-0.1, -0.05) is 42.5 Å². The summed E-state index contributed by atoms with van der Waals surface area (Å²) in [7, 11) is -1.77. The van der Waals surface area contributed by atoms with Gasteiger partial charge in [0.2, 0.25) is 11.8 Å². The van der Waals surface area contributed by atoms with E-state index in [0.717, 1.165) is 11.1 Å². The smallest absolute Gasteiger partial charge is 0.226 e. The lowest BCUT2D eigenvalue weighted by molar-refractivity contribution is 0.397. The van der Waals surface area contributed by atoms with Gasteiger partial charge in [0, 0.05) is 18.5 Å². The predicted molar refractivity (Wildman–Crippen MR) is 100 cm³/mol. The monoisotopic (exact) mass is 369 g/mol. The molecule has 1 heterocycles. The second kappa shape index (κ2) is 7.53. The summed E-state index contributed by atoms with van der Waals surface area (Å²) >= 11 is 0. The number of nitrogens with one attached hydrogen (secondary N) is 1. The fourth-order valence-electron chi connectivity index (χ4n) is 2.58. The molecule has 0 amide bonds. The first-order valence-corrected chi connectivity index (χ1v) is 9.85. The summed E-state index contributed by atoms with van der Waals surface area (Å²) in [6.07, 6.45) is 2.80. The molecular formula is C19H19N3O3S. The third kappa shape index (κ3) is 4.18. The summed E-state index contributed by atoms with van der Waals surface area (Å²) in [4.78, 5) is 8.79. The van der Waals surface area contributed by atoms with Crippen LogP contribution in [0.4, 0.5) is 5.95 Å². The van der Waals surface area contributed by atoms with Gasteiger partial charge in [0.15, 0.2) is 9.84 Å². The summed E-state index contributed by atoms with van der Waals surface area (Å²) in [6.45, 7) is 0. The third-order valence-corrected chi connectivity index (χ3v) is 4.98. The van der Waals surface area contributed by atoms with Crippen LogP contribution in [0, 0.1) is 0 Å². The molecule has 7 heteroatoms. The van der Waals surface area contributed by atoms with Crippen LogP contribution in [0.15, 0.2) is 71.8 Å². The lowest BCUT2D eigenvalue weighted by Gasteiger charge is -2.20. The highest BCUT2D eigenvalue weighted by molar-refractivity contribution is 7.90. The Bertz CT molecular complexity index is 992. The second-order valence-electron chi connectivity index (χ2n) is 5.76. The van der Waals surface area contributed by atoms with Gasteiger partial charge in [0.05, 0.1) is 18.0 Å². The van der Waals surface area contributed by atoms with E-state index in [1.54, 1.807) is 30.5 Å². The zero-order valence-electron chi connectivity index (χ0n) is 14.5. The second-order valence-corrected chi connectivity index (χ2v) is 7.77. The minimum absolute atomic E-state index is 0.268. The van der Waals surface area contributed by atoms with Crippen molar-refractivity contribution < 1.29 is 13.2 Å². The van der Waals surface area contributed by atoms with Gasteiger partial charge in [-0.2, -0.15) is 4.98 Å². The van der Waals surface area contributed by atoms with Crippen LogP contribution in [0.3, 0.4) is 0 Å². The van der Waals surface area contributed by atoms with Gasteiger partial charge >= 0.3 is 0 Å². The van der Waals surface area contributed by atoms with Crippen molar-refractivity contribution in [2.75, 3.05) is 18.7 Å². The van der Waals surface area contributed by atoms with E-state index in [1.807, 2.05) is 36.4 Å². The highest BCUT2D eigenvalue weighted by atomic mass is 32.2. The predicted octanol–water partition coefficient (Wildman–Crippen LogP) is 3.09. The Hall–Kier alpha value is -2.93. The number of methoxy groups -OCH3 is 1. The van der Waals surface area contributed by atoms with Gasteiger partial charge in [-0.25, -0.2) is 13.4 Å². The van der Waals surface area contributed by atoms with Crippen molar-refractivity contribution in [3.05, 3.63) is 78.0 Å². The number of benzene rings is 2. The van der Waals surface area contributed by atoms with Crippen molar-refractivity contribution in [1.82, 2.24) is 9.97 Å². The van der Waals surface area contributed by atoms with E-state index in [0.29, 0.717) is 11.8 Å². The van der Waals surface area contributed by atoms with Crippen molar-refractivity contribution in [3.63, 3.8) is 0 Å². The van der Waals surface area contributed by atoms with Gasteiger partial charge < -0.3 is 10.1 Å². The maximum absolute atomic E-state index is 11.9. The average molecular weight is 369 g/mol. The first-order chi connectivity index (χ1) is 12.5. The van der Waals surface area contributed by atoms with Crippen LogP contribution < -0.4 is 10.1 Å². The normalized spacial score (nSPS) is 12.4. The largest absolute Gasteiger partial charge is 0.481 e. The molecular weight excluding hydrogens is 350 g/mol. The Morgan fingerprint density at radius 2 is 1.73 bits per heavy atom. The summed E-state index contributed by atoms with van der Waals surface area (Å²) in [5.74, 6) is 0.835. The van der Waals surface area contributed by atoms with Crippen LogP contribution in [0.1, 0.15) is 17.2 Å². The van der Waals surface area contributed by atoms with E-state index in [2.05, 4.69) is 15.3 Å². The first-order valence-electron chi connectivity index (χ1n) is 7.96. The number of aromatic nitrogens is 2. The Kier molecular flexibility index (Phi) is 5.18. The van der Waals surface area contributed by atoms with E-state index in [1.165, 1.54) is 13.4 Å². The lowest BCUT2D eigenvalue weighted by Crippen LogP contribution is -2.15. The minimum atomic E-state index is -3.30. The molecule has 26 heavy (non-hydrogen) atoms. The summed E-state index contributed by atoms with van der Waals surface area (Å²) < 4.78 is 29.0. The molecule has 0 aliphatic heterocycles. The van der Waals surface area contributed by atoms with Crippen LogP contribution in [-0.2, 0) is 9.84 Å². The number of rotatable bonds is 6. The molecule has 0 spiro atoms. The number of hydrogen-bond acceptors (Lipinski definition) is 6. The molecule has 0 fully saturated rings. The SMILES string of the molecule is COc1ccnc(NC(c2ccccc2)c2cccc(S(C)(=O)=O)c2)n1. The van der Waals surface area contributed by atoms with Crippen LogP contribution in [0.25, 0.3) is 0 Å². The summed E-state index contributed by atoms with van der Waals surface area (Å²) in [5, 5.41) is 3.27. The van der Waals surface area contributed by atoms with E-state index in [4.69, 9.17) is 4.74 Å². The first kappa shape index (κ1) is 17.9. The molecule has 0 aliphatic carbocycles. The Morgan fingerprint density at radius 1 is 1.00 bits per heavy atom. The van der Waals surface area contributed by atoms with Gasteiger partial charge in [-0.3, -0.25) is 0 Å². The number of nitrogens with zero attached hydrogens (tertiary/aromatic N) is 2. The lowest BCUT2D eigenvalue weighted by atomic mass is 9.99. The number of hydrogen-bond donors (Lipinski definition) is 1. The molecule has 3 aromatic rings. The molecule has 134 valence electrons. The summed E-state index contributed by atoms with van der Waals surface area (Å²) in [5.41, 5.74) is 1.76. The maximum atomic E-state index is 11.9. The molecule has 1 N–H and O–H groups in total. The molecule has 2 aromatic carbocycles. The Balaban J connectivity index is 2.04. The van der Waals surface area contributed by atoms with Crippen molar-refractivity contribution in [1.29, 1.82) is 0 Å². The van der Waals surface area contributed by atoms with Crippen molar-refractivity contribution >= 4 is 15.8 Å². The minimum Gasteiger partial charge on any atom is -0.481 e. The third-order valence-electron chi connectivity index (χ3n) is 3.87. The van der Waals surface area contributed by atoms with Crippen molar-refractivity contribution in [2.24, 2.45) is 0 Å². The van der Waals surface area contributed by atoms with E-state index in [-0.39, 0.29) is 10.9 Å². The fraction of sp³-hybridized carbons (Fsp3) is 0.158. The van der Waals surface area contributed by atoms with Crippen LogP contribution in [0.2, 0.25) is 0 Å². The van der Waals surface area contributed by atoms with Gasteiger partial charge in [0.25, 0.3) is 0 Å². The molecule has 6 nitrogen and oxygen atoms in total. The average Bonchev–Trinajstić information content (AvgIpc) is 2.66. The van der Waals surface area contributed by atoms with Crippen molar-refractivity contribution in [2.45, 2.75) is 10.9 Å². The van der Waals surface area contributed by atoms with E-state index < -0.39 is 9.84 Å². The molecule has 1 aromatic heterocycles. The molecule has 0 aliphatic rings. The molecule has 0 radical (unpaired) electrons. The number of sulfone groups is 1. The molecule has 0 saturated heterocycles. The highest BCUT2D eigenvalue weighted by Gasteiger charge is 2.18. The Labute approximate surface area is 152 Å². The topological polar surface area (TPSA) is 81.2 Å². The summed E-state index contributed by atoms with van der Waals surface area (Å²) in [6, 6.07) is 17.9. The quantitative estimate of drug-likeness (QED) is 0.719. The molecule has 0 bridgehead atoms. The van der Waals surface area contributed by atoms with Crippen LogP contribution >= 0.6 is 0 Å². The van der Waals surface area contributed by atoms with Crippen molar-refractivity contribution in [3.8, 4) is 5.88 Å². The van der Waals surface area contributed by atoms with Crippen LogP contribution in [0.5, 0.6) is 5.88 Å². The Morgan fingerprint density at radius 3 is 2.42 bits per heavy atom. The molecule has 1 unspecified atom stereocenters. The zero-order valence-corrected chi connectivity index (χ0v) is 15.3. The molecule has 3 rings (SSSR count). The van der Waals surface area contributed by atoms with E-state index >= 15 is 0 Å². The number of anilines is 1.